The molecule has 0 saturated heterocycles. The van der Waals surface area contributed by atoms with Gasteiger partial charge in [0.1, 0.15) is 17.2 Å². The Bertz CT molecular complexity index is 2940. The Labute approximate surface area is 317 Å². The van der Waals surface area contributed by atoms with Crippen LogP contribution in [0.3, 0.4) is 0 Å². The first kappa shape index (κ1) is 35.1. The maximum atomic E-state index is 11.9. The molecular formula is C50H47NO3. The van der Waals surface area contributed by atoms with Gasteiger partial charge in [0.15, 0.2) is 0 Å². The molecule has 54 heavy (non-hydrogen) atoms. The number of benzene rings is 8. The van der Waals surface area contributed by atoms with E-state index in [0.717, 1.165) is 71.4 Å². The Morgan fingerprint density at radius 3 is 1.39 bits per heavy atom. The van der Waals surface area contributed by atoms with Gasteiger partial charge in [-0.1, -0.05) is 60.7 Å². The normalized spacial score (nSPS) is 11.8. The fourth-order valence-corrected chi connectivity index (χ4v) is 9.58. The van der Waals surface area contributed by atoms with Crippen LogP contribution in [-0.2, 0) is 0 Å². The molecule has 270 valence electrons. The van der Waals surface area contributed by atoms with Crippen LogP contribution in [0.15, 0.2) is 72.8 Å². The summed E-state index contributed by atoms with van der Waals surface area (Å²) in [6.45, 7) is 21.0. The fraction of sp³-hybridized carbons (Fsp3) is 0.200. The molecule has 0 bridgehead atoms. The molecule has 4 nitrogen and oxygen atoms in total. The maximum Gasteiger partial charge on any atom is 0.147 e. The van der Waals surface area contributed by atoms with Gasteiger partial charge in [0.25, 0.3) is 0 Å². The van der Waals surface area contributed by atoms with Gasteiger partial charge in [-0.2, -0.15) is 0 Å². The summed E-state index contributed by atoms with van der Waals surface area (Å²) in [6.07, 6.45) is 0. The van der Waals surface area contributed by atoms with Crippen molar-refractivity contribution in [3.8, 4) is 50.6 Å². The predicted molar refractivity (Wildman–Crippen MR) is 230 cm³/mol. The van der Waals surface area contributed by atoms with Gasteiger partial charge in [0.05, 0.1) is 5.69 Å². The molecule has 0 aliphatic rings. The van der Waals surface area contributed by atoms with Gasteiger partial charge >= 0.3 is 0 Å². The van der Waals surface area contributed by atoms with Crippen molar-refractivity contribution >= 4 is 48.8 Å². The van der Waals surface area contributed by atoms with Crippen molar-refractivity contribution in [2.45, 2.75) is 69.2 Å². The monoisotopic (exact) mass is 709 g/mol. The van der Waals surface area contributed by atoms with E-state index in [1.54, 1.807) is 0 Å². The standard InChI is InChI=1S/C50H47NO3/c1-23-21-33(52)22-24(2)40(23)47-39-16-12-11-15-38(39)46(43-27(5)25(3)26(4)28(6)44(43)47)37-20-14-17-34-35(37)18-13-19-36(34)42-31(9)41-29(7)30(8)49(53)32(10)45(41)48(51)50(42)54/h11-22,52-54H,51H2,1-10H3. The topological polar surface area (TPSA) is 86.7 Å². The molecule has 0 saturated carbocycles. The molecule has 0 fully saturated rings. The van der Waals surface area contributed by atoms with Gasteiger partial charge in [-0.15, -0.1) is 0 Å². The largest absolute Gasteiger partial charge is 0.508 e. The van der Waals surface area contributed by atoms with E-state index in [9.17, 15) is 15.3 Å². The van der Waals surface area contributed by atoms with Gasteiger partial charge in [-0.3, -0.25) is 0 Å². The van der Waals surface area contributed by atoms with Gasteiger partial charge < -0.3 is 21.1 Å². The first-order valence-electron chi connectivity index (χ1n) is 18.7. The van der Waals surface area contributed by atoms with E-state index in [1.165, 1.54) is 44.2 Å². The second kappa shape index (κ2) is 12.3. The molecule has 8 aromatic rings. The summed E-state index contributed by atoms with van der Waals surface area (Å²) in [7, 11) is 0. The molecular weight excluding hydrogens is 663 g/mol. The van der Waals surface area contributed by atoms with Gasteiger partial charge in [0.2, 0.25) is 0 Å². The number of nitrogen functional groups attached to an aromatic ring is 1. The van der Waals surface area contributed by atoms with E-state index in [0.29, 0.717) is 16.5 Å². The zero-order chi connectivity index (χ0) is 38.7. The van der Waals surface area contributed by atoms with Crippen molar-refractivity contribution in [2.75, 3.05) is 5.73 Å². The van der Waals surface area contributed by atoms with E-state index >= 15 is 0 Å². The summed E-state index contributed by atoms with van der Waals surface area (Å²) in [5, 5.41) is 42.0. The van der Waals surface area contributed by atoms with Crippen molar-refractivity contribution in [2.24, 2.45) is 0 Å². The Hall–Kier alpha value is -6.00. The van der Waals surface area contributed by atoms with Crippen molar-refractivity contribution in [3.63, 3.8) is 0 Å². The Kier molecular flexibility index (Phi) is 7.97. The average molecular weight is 710 g/mol. The van der Waals surface area contributed by atoms with Crippen LogP contribution in [0.2, 0.25) is 0 Å². The van der Waals surface area contributed by atoms with Gasteiger partial charge in [-0.25, -0.2) is 0 Å². The molecule has 5 N–H and O–H groups in total. The minimum absolute atomic E-state index is 0.0288. The number of hydrogen-bond donors (Lipinski definition) is 4. The summed E-state index contributed by atoms with van der Waals surface area (Å²) >= 11 is 0. The van der Waals surface area contributed by atoms with Crippen LogP contribution < -0.4 is 5.73 Å². The number of phenolic OH excluding ortho intramolecular Hbond substituents is 3. The number of aryl methyl sites for hydroxylation is 7. The zero-order valence-corrected chi connectivity index (χ0v) is 32.8. The van der Waals surface area contributed by atoms with E-state index < -0.39 is 0 Å². The average Bonchev–Trinajstić information content (AvgIpc) is 3.15. The number of anilines is 1. The molecule has 0 unspecified atom stereocenters. The quantitative estimate of drug-likeness (QED) is 0.0835. The third-order valence-corrected chi connectivity index (χ3v) is 12.7. The molecule has 4 heteroatoms. The zero-order valence-electron chi connectivity index (χ0n) is 32.8. The van der Waals surface area contributed by atoms with Crippen LogP contribution in [-0.4, -0.2) is 15.3 Å². The van der Waals surface area contributed by atoms with E-state index in [4.69, 9.17) is 5.73 Å². The lowest BCUT2D eigenvalue weighted by atomic mass is 9.78. The lowest BCUT2D eigenvalue weighted by Crippen LogP contribution is -2.02. The first-order valence-corrected chi connectivity index (χ1v) is 18.7. The predicted octanol–water partition coefficient (Wildman–Crippen LogP) is 13.1. The highest BCUT2D eigenvalue weighted by Crippen LogP contribution is 2.52. The van der Waals surface area contributed by atoms with E-state index in [-0.39, 0.29) is 22.9 Å². The van der Waals surface area contributed by atoms with Gasteiger partial charge in [-0.05, 0) is 197 Å². The molecule has 0 aromatic heterocycles. The Balaban J connectivity index is 1.55. The highest BCUT2D eigenvalue weighted by atomic mass is 16.3. The highest BCUT2D eigenvalue weighted by molar-refractivity contribution is 6.26. The van der Waals surface area contributed by atoms with Crippen molar-refractivity contribution < 1.29 is 15.3 Å². The molecule has 0 spiro atoms. The second-order valence-corrected chi connectivity index (χ2v) is 15.4. The third-order valence-electron chi connectivity index (χ3n) is 12.7. The summed E-state index contributed by atoms with van der Waals surface area (Å²) in [4.78, 5) is 0. The molecule has 0 aliphatic heterocycles. The number of fused-ring (bicyclic) bond motifs is 4. The van der Waals surface area contributed by atoms with Crippen LogP contribution in [0.5, 0.6) is 17.2 Å². The van der Waals surface area contributed by atoms with Crippen LogP contribution in [0, 0.1) is 69.2 Å². The summed E-state index contributed by atoms with van der Waals surface area (Å²) in [6, 6.07) is 25.3. The summed E-state index contributed by atoms with van der Waals surface area (Å²) in [5.74, 6) is 0.518. The number of hydrogen-bond acceptors (Lipinski definition) is 4. The lowest BCUT2D eigenvalue weighted by Gasteiger charge is -2.26. The molecule has 0 heterocycles. The van der Waals surface area contributed by atoms with Crippen LogP contribution in [0.25, 0.3) is 76.5 Å². The third kappa shape index (κ3) is 4.69. The Morgan fingerprint density at radius 2 is 0.833 bits per heavy atom. The molecule has 0 atom stereocenters. The Morgan fingerprint density at radius 1 is 0.370 bits per heavy atom. The lowest BCUT2D eigenvalue weighted by molar-refractivity contribution is 0.467. The molecule has 0 aliphatic carbocycles. The van der Waals surface area contributed by atoms with E-state index in [2.05, 4.69) is 102 Å². The number of rotatable bonds is 3. The van der Waals surface area contributed by atoms with Crippen molar-refractivity contribution in [3.05, 3.63) is 128 Å². The maximum absolute atomic E-state index is 11.9. The molecule has 0 amide bonds. The smallest absolute Gasteiger partial charge is 0.147 e. The summed E-state index contributed by atoms with van der Waals surface area (Å²) < 4.78 is 0. The van der Waals surface area contributed by atoms with Crippen LogP contribution >= 0.6 is 0 Å². The SMILES string of the molecule is Cc1cc(O)cc(C)c1-c1c2ccccc2c(-c2cccc3c(-c4c(O)c(N)c5c(C)c(O)c(C)c(C)c5c4C)cccc23)c2c(C)c(C)c(C)c(C)c12. The van der Waals surface area contributed by atoms with Crippen LogP contribution in [0.4, 0.5) is 5.69 Å². The molecule has 0 radical (unpaired) electrons. The molecule has 8 rings (SSSR count). The minimum atomic E-state index is 0.0288. The van der Waals surface area contributed by atoms with Gasteiger partial charge in [0, 0.05) is 16.5 Å². The minimum Gasteiger partial charge on any atom is -0.508 e. The van der Waals surface area contributed by atoms with Crippen molar-refractivity contribution in [1.29, 1.82) is 0 Å². The summed E-state index contributed by atoms with van der Waals surface area (Å²) in [5.41, 5.74) is 23.8. The van der Waals surface area contributed by atoms with E-state index in [1.807, 2.05) is 39.8 Å². The number of phenols is 3. The second-order valence-electron chi connectivity index (χ2n) is 15.4. The number of nitrogens with two attached hydrogens (primary N) is 1. The highest BCUT2D eigenvalue weighted by Gasteiger charge is 2.27. The fourth-order valence-electron chi connectivity index (χ4n) is 9.58. The van der Waals surface area contributed by atoms with Crippen molar-refractivity contribution in [1.82, 2.24) is 0 Å². The number of aromatic hydroxyl groups is 3. The first-order chi connectivity index (χ1) is 25.7. The van der Waals surface area contributed by atoms with Crippen LogP contribution in [0.1, 0.15) is 55.6 Å². The molecule has 8 aromatic carbocycles.